The third kappa shape index (κ3) is 2.38. The Kier molecular flexibility index (Phi) is 3.82. The zero-order valence-corrected chi connectivity index (χ0v) is 13.3. The summed E-state index contributed by atoms with van der Waals surface area (Å²) >= 11 is 5.83. The molecule has 0 radical (unpaired) electrons. The van der Waals surface area contributed by atoms with Crippen LogP contribution in [0.25, 0.3) is 0 Å². The second-order valence-electron chi connectivity index (χ2n) is 6.01. The van der Waals surface area contributed by atoms with E-state index in [0.29, 0.717) is 35.7 Å². The molecule has 110 valence electrons. The molecule has 1 heterocycles. The maximum absolute atomic E-state index is 12.8. The average molecular weight is 314 g/mol. The molecular weight excluding hydrogens is 294 g/mol. The second-order valence-corrected chi connectivity index (χ2v) is 8.18. The van der Waals surface area contributed by atoms with Crippen LogP contribution >= 0.6 is 11.6 Å². The number of aryl methyl sites for hydroxylation is 1. The Labute approximate surface area is 126 Å². The van der Waals surface area contributed by atoms with Gasteiger partial charge in [-0.2, -0.15) is 4.31 Å². The lowest BCUT2D eigenvalue weighted by Gasteiger charge is -2.19. The highest BCUT2D eigenvalue weighted by Gasteiger charge is 2.41. The zero-order valence-electron chi connectivity index (χ0n) is 11.7. The molecule has 3 rings (SSSR count). The van der Waals surface area contributed by atoms with E-state index in [1.807, 2.05) is 19.1 Å². The molecule has 2 atom stereocenters. The molecule has 1 saturated heterocycles. The SMILES string of the molecule is Cc1ccc(CCl)cc1S(=O)(=O)N1CC2CCCC2C1. The number of fused-ring (bicyclic) bond motifs is 1. The lowest BCUT2D eigenvalue weighted by Crippen LogP contribution is -2.30. The summed E-state index contributed by atoms with van der Waals surface area (Å²) in [7, 11) is -3.37. The van der Waals surface area contributed by atoms with E-state index in [4.69, 9.17) is 11.6 Å². The van der Waals surface area contributed by atoms with Crippen molar-refractivity contribution >= 4 is 21.6 Å². The zero-order chi connectivity index (χ0) is 14.3. The van der Waals surface area contributed by atoms with Crippen molar-refractivity contribution in [2.75, 3.05) is 13.1 Å². The van der Waals surface area contributed by atoms with Crippen LogP contribution in [0.2, 0.25) is 0 Å². The van der Waals surface area contributed by atoms with E-state index < -0.39 is 10.0 Å². The number of rotatable bonds is 3. The molecule has 0 amide bonds. The van der Waals surface area contributed by atoms with Gasteiger partial charge in [-0.05, 0) is 48.8 Å². The standard InChI is InChI=1S/C15H20ClNO2S/c1-11-5-6-12(8-16)7-15(11)20(18,19)17-9-13-3-2-4-14(13)10-17/h5-7,13-14H,2-4,8-10H2,1H3. The number of sulfonamides is 1. The Balaban J connectivity index is 1.92. The van der Waals surface area contributed by atoms with Crippen LogP contribution in [0.15, 0.2) is 23.1 Å². The molecule has 1 saturated carbocycles. The molecule has 0 spiro atoms. The number of benzene rings is 1. The largest absolute Gasteiger partial charge is 0.243 e. The molecule has 1 aromatic carbocycles. The predicted octanol–water partition coefficient (Wildman–Crippen LogP) is 3.15. The van der Waals surface area contributed by atoms with Crippen LogP contribution in [-0.2, 0) is 15.9 Å². The van der Waals surface area contributed by atoms with Crippen molar-refractivity contribution in [3.05, 3.63) is 29.3 Å². The summed E-state index contributed by atoms with van der Waals surface area (Å²) in [6.07, 6.45) is 3.61. The van der Waals surface area contributed by atoms with E-state index in [1.165, 1.54) is 19.3 Å². The molecule has 3 nitrogen and oxygen atoms in total. The molecule has 2 unspecified atom stereocenters. The molecule has 0 aromatic heterocycles. The first-order valence-corrected chi connectivity index (χ1v) is 9.15. The van der Waals surface area contributed by atoms with Gasteiger partial charge >= 0.3 is 0 Å². The van der Waals surface area contributed by atoms with Crippen LogP contribution in [-0.4, -0.2) is 25.8 Å². The Morgan fingerprint density at radius 1 is 1.25 bits per heavy atom. The highest BCUT2D eigenvalue weighted by molar-refractivity contribution is 7.89. The minimum absolute atomic E-state index is 0.341. The maximum Gasteiger partial charge on any atom is 0.243 e. The van der Waals surface area contributed by atoms with Crippen molar-refractivity contribution in [3.63, 3.8) is 0 Å². The van der Waals surface area contributed by atoms with Crippen LogP contribution in [0.3, 0.4) is 0 Å². The lowest BCUT2D eigenvalue weighted by atomic mass is 10.0. The van der Waals surface area contributed by atoms with E-state index in [0.717, 1.165) is 11.1 Å². The molecule has 1 aliphatic carbocycles. The third-order valence-corrected chi connectivity index (χ3v) is 7.00. The lowest BCUT2D eigenvalue weighted by molar-refractivity contribution is 0.445. The van der Waals surface area contributed by atoms with Gasteiger partial charge in [0.25, 0.3) is 0 Å². The molecule has 0 N–H and O–H groups in total. The monoisotopic (exact) mass is 313 g/mol. The van der Waals surface area contributed by atoms with Gasteiger partial charge in [-0.15, -0.1) is 11.6 Å². The van der Waals surface area contributed by atoms with Gasteiger partial charge in [0.15, 0.2) is 0 Å². The minimum atomic E-state index is -3.37. The smallest absolute Gasteiger partial charge is 0.207 e. The van der Waals surface area contributed by atoms with Gasteiger partial charge in [0, 0.05) is 19.0 Å². The average Bonchev–Trinajstić information content (AvgIpc) is 3.00. The summed E-state index contributed by atoms with van der Waals surface area (Å²) in [5, 5.41) is 0. The first-order chi connectivity index (χ1) is 9.52. The summed E-state index contributed by atoms with van der Waals surface area (Å²) < 4.78 is 27.4. The van der Waals surface area contributed by atoms with E-state index in [2.05, 4.69) is 0 Å². The number of hydrogen-bond donors (Lipinski definition) is 0. The number of hydrogen-bond acceptors (Lipinski definition) is 2. The second kappa shape index (κ2) is 5.32. The van der Waals surface area contributed by atoms with Gasteiger partial charge in [0.1, 0.15) is 0 Å². The fourth-order valence-corrected chi connectivity index (χ4v) is 5.53. The van der Waals surface area contributed by atoms with Gasteiger partial charge in [0.05, 0.1) is 4.90 Å². The Bertz CT molecular complexity index is 602. The van der Waals surface area contributed by atoms with Crippen LogP contribution in [0.1, 0.15) is 30.4 Å². The van der Waals surface area contributed by atoms with Crippen LogP contribution < -0.4 is 0 Å². The summed E-state index contributed by atoms with van der Waals surface area (Å²) in [5.41, 5.74) is 1.66. The first-order valence-electron chi connectivity index (χ1n) is 7.18. The van der Waals surface area contributed by atoms with Gasteiger partial charge in [-0.1, -0.05) is 18.6 Å². The fraction of sp³-hybridized carbons (Fsp3) is 0.600. The Hall–Kier alpha value is -0.580. The van der Waals surface area contributed by atoms with Crippen molar-refractivity contribution in [1.29, 1.82) is 0 Å². The molecule has 2 fully saturated rings. The highest BCUT2D eigenvalue weighted by Crippen LogP contribution is 2.40. The van der Waals surface area contributed by atoms with Crippen molar-refractivity contribution < 1.29 is 8.42 Å². The number of nitrogens with zero attached hydrogens (tertiary/aromatic N) is 1. The van der Waals surface area contributed by atoms with Crippen molar-refractivity contribution in [3.8, 4) is 0 Å². The molecule has 2 aliphatic rings. The quantitative estimate of drug-likeness (QED) is 0.804. The fourth-order valence-electron chi connectivity index (χ4n) is 3.53. The van der Waals surface area contributed by atoms with Crippen LogP contribution in [0.4, 0.5) is 0 Å². The molecule has 5 heteroatoms. The molecule has 20 heavy (non-hydrogen) atoms. The van der Waals surface area contributed by atoms with Crippen LogP contribution in [0, 0.1) is 18.8 Å². The van der Waals surface area contributed by atoms with Gasteiger partial charge in [-0.25, -0.2) is 8.42 Å². The maximum atomic E-state index is 12.8. The number of halogens is 1. The topological polar surface area (TPSA) is 37.4 Å². The summed E-state index contributed by atoms with van der Waals surface area (Å²) in [5.74, 6) is 1.48. The Morgan fingerprint density at radius 2 is 1.90 bits per heavy atom. The summed E-state index contributed by atoms with van der Waals surface area (Å²) in [6, 6.07) is 5.47. The Morgan fingerprint density at radius 3 is 2.50 bits per heavy atom. The molecule has 0 bridgehead atoms. The normalized spacial score (nSPS) is 26.9. The van der Waals surface area contributed by atoms with Crippen molar-refractivity contribution in [2.24, 2.45) is 11.8 Å². The summed E-state index contributed by atoms with van der Waals surface area (Å²) in [4.78, 5) is 0.427. The third-order valence-electron chi connectivity index (χ3n) is 4.72. The molecule has 1 aliphatic heterocycles. The first kappa shape index (κ1) is 14.4. The predicted molar refractivity (Wildman–Crippen MR) is 80.3 cm³/mol. The van der Waals surface area contributed by atoms with Crippen molar-refractivity contribution in [2.45, 2.75) is 37.0 Å². The van der Waals surface area contributed by atoms with E-state index in [-0.39, 0.29) is 0 Å². The summed E-state index contributed by atoms with van der Waals surface area (Å²) in [6.45, 7) is 3.23. The highest BCUT2D eigenvalue weighted by atomic mass is 35.5. The van der Waals surface area contributed by atoms with Crippen molar-refractivity contribution in [1.82, 2.24) is 4.31 Å². The van der Waals surface area contributed by atoms with E-state index in [1.54, 1.807) is 10.4 Å². The number of alkyl halides is 1. The van der Waals surface area contributed by atoms with E-state index >= 15 is 0 Å². The van der Waals surface area contributed by atoms with Gasteiger partial charge in [0.2, 0.25) is 10.0 Å². The van der Waals surface area contributed by atoms with Crippen LogP contribution in [0.5, 0.6) is 0 Å². The van der Waals surface area contributed by atoms with E-state index in [9.17, 15) is 8.42 Å². The molecular formula is C15H20ClNO2S. The van der Waals surface area contributed by atoms with Gasteiger partial charge in [-0.3, -0.25) is 0 Å². The molecule has 1 aromatic rings. The van der Waals surface area contributed by atoms with Gasteiger partial charge < -0.3 is 0 Å². The minimum Gasteiger partial charge on any atom is -0.207 e.